The Bertz CT molecular complexity index is 2830. The summed E-state index contributed by atoms with van der Waals surface area (Å²) in [5, 5.41) is 0. The Kier molecular flexibility index (Phi) is 74.5. The monoisotopic (exact) mass is 1860 g/mol. The van der Waals surface area contributed by atoms with Crippen LogP contribution in [0.5, 0.6) is 0 Å². The number of aliphatic imine (C=N–C) groups is 3. The normalized spacial score (nSPS) is 12.8. The van der Waals surface area contributed by atoms with Gasteiger partial charge in [0.2, 0.25) is 0 Å². The molecule has 0 atom stereocenters. The molecule has 4 nitrogen and oxygen atoms in total. The van der Waals surface area contributed by atoms with Crippen LogP contribution in [0.3, 0.4) is 0 Å². The van der Waals surface area contributed by atoms with E-state index in [-0.39, 0.29) is 0 Å². The topological polar surface area (TPSA) is 40.3 Å². The maximum absolute atomic E-state index is 6.06. The second-order valence-electron chi connectivity index (χ2n) is 39.8. The SMILES string of the molecule is CCCCCCCCCCCCCCCCSc1cc2c(cc1SCCCCCCCCCCCCCCCC)C1=Nc3cc(SCCCCCCCCCCCCCCCC)c(SCCCCCCCCCCCCCCCC)cc3C3=Nc4cc(SCCCCCCCCCCCCCCCC)c(SCCCCCCCCCCCCCCCC)cc4C(=N2)N13. The molecule has 3 heterocycles. The summed E-state index contributed by atoms with van der Waals surface area (Å²) in [6, 6.07) is 15.4. The largest absolute Gasteiger partial charge is 0.261 e. The first kappa shape index (κ1) is 114. The van der Waals surface area contributed by atoms with E-state index in [0.717, 1.165) is 51.8 Å². The van der Waals surface area contributed by atoms with Crippen LogP contribution in [-0.4, -0.2) is 56.9 Å². The first-order valence-electron chi connectivity index (χ1n) is 56.9. The van der Waals surface area contributed by atoms with Crippen molar-refractivity contribution in [3.05, 3.63) is 53.1 Å². The number of amidine groups is 3. The van der Waals surface area contributed by atoms with Gasteiger partial charge in [0.1, 0.15) is 17.5 Å². The van der Waals surface area contributed by atoms with Gasteiger partial charge in [-0.3, -0.25) is 4.90 Å². The Labute approximate surface area is 816 Å². The van der Waals surface area contributed by atoms with Crippen LogP contribution < -0.4 is 0 Å². The summed E-state index contributed by atoms with van der Waals surface area (Å²) in [7, 11) is 0. The second-order valence-corrected chi connectivity index (χ2v) is 46.6. The van der Waals surface area contributed by atoms with Gasteiger partial charge >= 0.3 is 0 Å². The Hall–Kier alpha value is -1.43. The average molecular weight is 1860 g/mol. The Morgan fingerprint density at radius 2 is 0.260 bits per heavy atom. The van der Waals surface area contributed by atoms with E-state index in [1.165, 1.54) is 603 Å². The van der Waals surface area contributed by atoms with Crippen molar-refractivity contribution in [3.63, 3.8) is 0 Å². The van der Waals surface area contributed by atoms with Crippen LogP contribution in [0.2, 0.25) is 0 Å². The van der Waals surface area contributed by atoms with Crippen molar-refractivity contribution in [2.24, 2.45) is 15.0 Å². The maximum atomic E-state index is 6.06. The molecule has 0 N–H and O–H groups in total. The maximum Gasteiger partial charge on any atom is 0.150 e. The van der Waals surface area contributed by atoms with Crippen LogP contribution in [0.4, 0.5) is 17.1 Å². The van der Waals surface area contributed by atoms with Gasteiger partial charge in [0.25, 0.3) is 0 Å². The molecule has 0 bridgehead atoms. The van der Waals surface area contributed by atoms with Crippen LogP contribution in [0, 0.1) is 0 Å². The molecular weight excluding hydrogens is 1650 g/mol. The van der Waals surface area contributed by atoms with Crippen molar-refractivity contribution in [2.75, 3.05) is 34.5 Å². The highest BCUT2D eigenvalue weighted by molar-refractivity contribution is 8.03. The molecule has 0 amide bonds. The van der Waals surface area contributed by atoms with Crippen molar-refractivity contribution in [3.8, 4) is 0 Å². The number of fused-ring (bicyclic) bond motifs is 6. The number of nitrogens with zero attached hydrogens (tertiary/aromatic N) is 4. The highest BCUT2D eigenvalue weighted by Crippen LogP contribution is 2.50. The smallest absolute Gasteiger partial charge is 0.150 e. The molecule has 0 saturated carbocycles. The molecule has 0 spiro atoms. The van der Waals surface area contributed by atoms with Gasteiger partial charge in [-0.25, -0.2) is 15.0 Å². The molecule has 0 radical (unpaired) electrons. The van der Waals surface area contributed by atoms with Gasteiger partial charge in [0.15, 0.2) is 0 Å². The minimum Gasteiger partial charge on any atom is -0.261 e. The summed E-state index contributed by atoms with van der Waals surface area (Å²) in [6.45, 7) is 14.0. The molecule has 10 heteroatoms. The standard InChI is InChI=1S/C117H204N4S6/c1-7-13-19-25-31-37-43-49-55-61-67-73-79-85-91-122-109-97-103-106(100-112(109)125-94-88-82-76-70-64-58-52-46-40-34-28-22-16-10-4)118-116-105-99-111(124-93-87-81-75-69-63-57-51-45-39-33-27-21-15-9-3)114(127-96-90-84-78-72-66-60-54-48-42-36-30-24-18-12-6)102-108(105)120-117-104-98-110(123-92-86-80-74-68-62-56-50-44-38-32-26-20-14-8-2)113(101-107(104)119-115(103)121(116)117)126-95-89-83-77-71-65-59-53-47-41-35-29-23-17-11-5/h97-102H,7-96H2,1-6H3. The van der Waals surface area contributed by atoms with Gasteiger partial charge < -0.3 is 0 Å². The fraction of sp³-hybridized carbons (Fsp3) is 0.821. The van der Waals surface area contributed by atoms with Crippen molar-refractivity contribution in [2.45, 2.75) is 610 Å². The third kappa shape index (κ3) is 54.9. The van der Waals surface area contributed by atoms with Gasteiger partial charge in [0.05, 0.1) is 17.1 Å². The minimum absolute atomic E-state index is 1.04. The lowest BCUT2D eigenvalue weighted by Gasteiger charge is -2.39. The summed E-state index contributed by atoms with van der Waals surface area (Å²) < 4.78 is 0. The molecule has 0 fully saturated rings. The zero-order valence-electron chi connectivity index (χ0n) is 84.8. The number of hydrogen-bond donors (Lipinski definition) is 0. The fourth-order valence-electron chi connectivity index (χ4n) is 19.3. The lowest BCUT2D eigenvalue weighted by Crippen LogP contribution is -2.48. The lowest BCUT2D eigenvalue weighted by atomic mass is 9.98. The van der Waals surface area contributed by atoms with Crippen LogP contribution in [0.1, 0.15) is 598 Å². The van der Waals surface area contributed by atoms with E-state index in [0.29, 0.717) is 0 Å². The molecule has 0 aromatic heterocycles. The van der Waals surface area contributed by atoms with E-state index < -0.39 is 0 Å². The summed E-state index contributed by atoms with van der Waals surface area (Å²) in [6.07, 6.45) is 118. The lowest BCUT2D eigenvalue weighted by molar-refractivity contribution is 0.538. The van der Waals surface area contributed by atoms with Crippen LogP contribution in [0.25, 0.3) is 0 Å². The van der Waals surface area contributed by atoms with E-state index in [1.807, 2.05) is 0 Å². The van der Waals surface area contributed by atoms with Crippen LogP contribution in [-0.2, 0) is 0 Å². The average Bonchev–Trinajstić information content (AvgIpc) is 0.708. The van der Waals surface area contributed by atoms with E-state index in [4.69, 9.17) is 15.0 Å². The van der Waals surface area contributed by atoms with E-state index in [2.05, 4.69) is 153 Å². The molecule has 6 rings (SSSR count). The highest BCUT2D eigenvalue weighted by atomic mass is 32.2. The zero-order chi connectivity index (χ0) is 89.5. The molecule has 728 valence electrons. The van der Waals surface area contributed by atoms with Gasteiger partial charge in [-0.2, -0.15) is 0 Å². The van der Waals surface area contributed by atoms with Gasteiger partial charge in [-0.15, -0.1) is 70.6 Å². The molecule has 0 aliphatic carbocycles. The summed E-state index contributed by atoms with van der Waals surface area (Å²) in [5.74, 6) is 10.1. The predicted octanol–water partition coefficient (Wildman–Crippen LogP) is 44.0. The number of thioether (sulfide) groups is 6. The van der Waals surface area contributed by atoms with Gasteiger partial charge in [0, 0.05) is 46.1 Å². The number of benzene rings is 3. The fourth-order valence-corrected chi connectivity index (χ4v) is 26.2. The molecule has 0 saturated heterocycles. The number of rotatable bonds is 96. The Balaban J connectivity index is 1.30. The molecular formula is C117H204N4S6. The molecule has 3 aliphatic heterocycles. The quantitative estimate of drug-likeness (QED) is 0.0412. The summed E-state index contributed by atoms with van der Waals surface area (Å²) in [5.41, 5.74) is 6.88. The van der Waals surface area contributed by atoms with Gasteiger partial charge in [-0.1, -0.05) is 542 Å². The van der Waals surface area contributed by atoms with Crippen molar-refractivity contribution in [1.82, 2.24) is 4.90 Å². The van der Waals surface area contributed by atoms with Crippen LogP contribution >= 0.6 is 70.6 Å². The van der Waals surface area contributed by atoms with E-state index >= 15 is 0 Å². The minimum atomic E-state index is 1.04. The van der Waals surface area contributed by atoms with E-state index in [1.54, 1.807) is 0 Å². The molecule has 0 unspecified atom stereocenters. The Morgan fingerprint density at radius 1 is 0.150 bits per heavy atom. The number of unbranched alkanes of at least 4 members (excludes halogenated alkanes) is 78. The zero-order valence-corrected chi connectivity index (χ0v) is 89.7. The summed E-state index contributed by atoms with van der Waals surface area (Å²) in [4.78, 5) is 29.3. The molecule has 3 aliphatic rings. The second kappa shape index (κ2) is 82.8. The van der Waals surface area contributed by atoms with Crippen molar-refractivity contribution >= 4 is 105 Å². The predicted molar refractivity (Wildman–Crippen MR) is 586 cm³/mol. The Morgan fingerprint density at radius 3 is 0.386 bits per heavy atom. The third-order valence-electron chi connectivity index (χ3n) is 27.8. The van der Waals surface area contributed by atoms with E-state index in [9.17, 15) is 0 Å². The first-order valence-corrected chi connectivity index (χ1v) is 62.8. The first-order chi connectivity index (χ1) is 63.0. The molecule has 3 aromatic rings. The van der Waals surface area contributed by atoms with Gasteiger partial charge in [-0.05, 0) is 109 Å². The summed E-state index contributed by atoms with van der Waals surface area (Å²) >= 11 is 12.8. The van der Waals surface area contributed by atoms with Crippen molar-refractivity contribution < 1.29 is 0 Å². The van der Waals surface area contributed by atoms with Crippen LogP contribution in [0.15, 0.2) is 80.7 Å². The number of hydrogen-bond acceptors (Lipinski definition) is 10. The third-order valence-corrected chi connectivity index (χ3v) is 35.0. The molecule has 3 aromatic carbocycles. The highest BCUT2D eigenvalue weighted by Gasteiger charge is 2.41. The molecule has 127 heavy (non-hydrogen) atoms. The van der Waals surface area contributed by atoms with Crippen molar-refractivity contribution in [1.29, 1.82) is 0 Å².